The quantitative estimate of drug-likeness (QED) is 0.935. The average molecular weight is 284 g/mol. The lowest BCUT2D eigenvalue weighted by atomic mass is 9.88. The van der Waals surface area contributed by atoms with Crippen LogP contribution in [0.3, 0.4) is 0 Å². The SMILES string of the molecule is CC1CNC(C)(c2ccccc2)CN1CCc1ccco1. The molecule has 1 aliphatic rings. The summed E-state index contributed by atoms with van der Waals surface area (Å²) in [5.74, 6) is 1.07. The number of nitrogens with zero attached hydrogens (tertiary/aromatic N) is 1. The number of piperazine rings is 1. The second-order valence-corrected chi connectivity index (χ2v) is 6.23. The molecular formula is C18H24N2O. The molecule has 0 bridgehead atoms. The second kappa shape index (κ2) is 6.04. The van der Waals surface area contributed by atoms with E-state index in [0.717, 1.165) is 31.8 Å². The summed E-state index contributed by atoms with van der Waals surface area (Å²) in [5, 5.41) is 3.72. The molecule has 1 saturated heterocycles. The molecule has 1 aromatic heterocycles. The summed E-state index contributed by atoms with van der Waals surface area (Å²) in [6.45, 7) is 7.68. The van der Waals surface area contributed by atoms with Gasteiger partial charge in [-0.1, -0.05) is 30.3 Å². The van der Waals surface area contributed by atoms with E-state index in [1.807, 2.05) is 6.07 Å². The molecule has 2 unspecified atom stereocenters. The highest BCUT2D eigenvalue weighted by molar-refractivity contribution is 5.25. The van der Waals surface area contributed by atoms with Crippen molar-refractivity contribution in [2.75, 3.05) is 19.6 Å². The molecule has 0 saturated carbocycles. The van der Waals surface area contributed by atoms with Gasteiger partial charge in [-0.05, 0) is 31.5 Å². The van der Waals surface area contributed by atoms with Gasteiger partial charge in [0.05, 0.1) is 11.8 Å². The Balaban J connectivity index is 1.69. The molecule has 2 heterocycles. The molecule has 2 atom stereocenters. The van der Waals surface area contributed by atoms with Crippen molar-refractivity contribution >= 4 is 0 Å². The van der Waals surface area contributed by atoms with E-state index in [2.05, 4.69) is 60.5 Å². The van der Waals surface area contributed by atoms with E-state index in [0.29, 0.717) is 6.04 Å². The fourth-order valence-corrected chi connectivity index (χ4v) is 3.13. The zero-order valence-corrected chi connectivity index (χ0v) is 12.9. The van der Waals surface area contributed by atoms with Crippen LogP contribution in [0.5, 0.6) is 0 Å². The predicted octanol–water partition coefficient (Wildman–Crippen LogP) is 3.03. The van der Waals surface area contributed by atoms with Crippen LogP contribution in [0.15, 0.2) is 53.1 Å². The minimum atomic E-state index is 0.0247. The smallest absolute Gasteiger partial charge is 0.105 e. The Morgan fingerprint density at radius 2 is 2.05 bits per heavy atom. The molecule has 3 rings (SSSR count). The van der Waals surface area contributed by atoms with Gasteiger partial charge >= 0.3 is 0 Å². The van der Waals surface area contributed by atoms with Gasteiger partial charge in [-0.2, -0.15) is 0 Å². The second-order valence-electron chi connectivity index (χ2n) is 6.23. The van der Waals surface area contributed by atoms with Crippen LogP contribution in [0, 0.1) is 0 Å². The summed E-state index contributed by atoms with van der Waals surface area (Å²) in [4.78, 5) is 2.56. The topological polar surface area (TPSA) is 28.4 Å². The lowest BCUT2D eigenvalue weighted by Crippen LogP contribution is -2.60. The fourth-order valence-electron chi connectivity index (χ4n) is 3.13. The Kier molecular flexibility index (Phi) is 4.13. The highest BCUT2D eigenvalue weighted by Crippen LogP contribution is 2.26. The zero-order chi connectivity index (χ0) is 14.7. The van der Waals surface area contributed by atoms with Crippen molar-refractivity contribution < 1.29 is 4.42 Å². The summed E-state index contributed by atoms with van der Waals surface area (Å²) >= 11 is 0. The maximum Gasteiger partial charge on any atom is 0.105 e. The molecule has 0 aliphatic carbocycles. The maximum atomic E-state index is 5.45. The number of nitrogens with one attached hydrogen (secondary N) is 1. The van der Waals surface area contributed by atoms with Gasteiger partial charge in [0.15, 0.2) is 0 Å². The standard InChI is InChI=1S/C18H24N2O/c1-15-13-19-18(2,16-7-4-3-5-8-16)14-20(15)11-10-17-9-6-12-21-17/h3-9,12,15,19H,10-11,13-14H2,1-2H3. The lowest BCUT2D eigenvalue weighted by Gasteiger charge is -2.45. The molecule has 1 fully saturated rings. The van der Waals surface area contributed by atoms with Crippen LogP contribution in [0.4, 0.5) is 0 Å². The van der Waals surface area contributed by atoms with E-state index >= 15 is 0 Å². The van der Waals surface area contributed by atoms with Crippen LogP contribution in [0.25, 0.3) is 0 Å². The lowest BCUT2D eigenvalue weighted by molar-refractivity contribution is 0.0944. The molecule has 2 aromatic rings. The summed E-state index contributed by atoms with van der Waals surface area (Å²) in [6, 6.07) is 15.3. The molecule has 1 aliphatic heterocycles. The van der Waals surface area contributed by atoms with Crippen molar-refractivity contribution in [2.45, 2.75) is 31.8 Å². The van der Waals surface area contributed by atoms with Gasteiger partial charge in [0, 0.05) is 32.1 Å². The van der Waals surface area contributed by atoms with Gasteiger partial charge in [0.2, 0.25) is 0 Å². The van der Waals surface area contributed by atoms with Crippen LogP contribution in [0.2, 0.25) is 0 Å². The number of benzene rings is 1. The summed E-state index contributed by atoms with van der Waals surface area (Å²) in [5.41, 5.74) is 1.39. The van der Waals surface area contributed by atoms with E-state index in [1.165, 1.54) is 5.56 Å². The highest BCUT2D eigenvalue weighted by atomic mass is 16.3. The summed E-state index contributed by atoms with van der Waals surface area (Å²) < 4.78 is 5.45. The normalized spacial score (nSPS) is 26.9. The van der Waals surface area contributed by atoms with E-state index in [1.54, 1.807) is 6.26 Å². The Hall–Kier alpha value is -1.58. The Morgan fingerprint density at radius 1 is 1.24 bits per heavy atom. The van der Waals surface area contributed by atoms with Gasteiger partial charge in [-0.25, -0.2) is 0 Å². The molecule has 3 nitrogen and oxygen atoms in total. The highest BCUT2D eigenvalue weighted by Gasteiger charge is 2.35. The third-order valence-corrected chi connectivity index (χ3v) is 4.57. The molecule has 112 valence electrons. The summed E-state index contributed by atoms with van der Waals surface area (Å²) in [7, 11) is 0. The Bertz CT molecular complexity index is 552. The third-order valence-electron chi connectivity index (χ3n) is 4.57. The predicted molar refractivity (Wildman–Crippen MR) is 85.2 cm³/mol. The zero-order valence-electron chi connectivity index (χ0n) is 12.9. The van der Waals surface area contributed by atoms with Crippen molar-refractivity contribution in [3.63, 3.8) is 0 Å². The van der Waals surface area contributed by atoms with E-state index in [-0.39, 0.29) is 5.54 Å². The minimum absolute atomic E-state index is 0.0247. The number of furan rings is 1. The maximum absolute atomic E-state index is 5.45. The first-order chi connectivity index (χ1) is 10.2. The van der Waals surface area contributed by atoms with Crippen molar-refractivity contribution in [1.82, 2.24) is 10.2 Å². The molecule has 1 aromatic carbocycles. The third kappa shape index (κ3) is 3.20. The molecule has 0 amide bonds. The molecule has 21 heavy (non-hydrogen) atoms. The van der Waals surface area contributed by atoms with E-state index in [9.17, 15) is 0 Å². The number of hydrogen-bond acceptors (Lipinski definition) is 3. The van der Waals surface area contributed by atoms with Gasteiger partial charge in [0.25, 0.3) is 0 Å². The van der Waals surface area contributed by atoms with Crippen molar-refractivity contribution in [3.8, 4) is 0 Å². The van der Waals surface area contributed by atoms with Crippen LogP contribution < -0.4 is 5.32 Å². The molecule has 0 radical (unpaired) electrons. The summed E-state index contributed by atoms with van der Waals surface area (Å²) in [6.07, 6.45) is 2.73. The number of hydrogen-bond donors (Lipinski definition) is 1. The van der Waals surface area contributed by atoms with Crippen LogP contribution in [-0.4, -0.2) is 30.6 Å². The van der Waals surface area contributed by atoms with Gasteiger partial charge in [-0.3, -0.25) is 4.90 Å². The van der Waals surface area contributed by atoms with E-state index < -0.39 is 0 Å². The average Bonchev–Trinajstić information content (AvgIpc) is 3.03. The van der Waals surface area contributed by atoms with Crippen molar-refractivity contribution in [3.05, 3.63) is 60.1 Å². The molecule has 1 N–H and O–H groups in total. The first-order valence-corrected chi connectivity index (χ1v) is 7.74. The van der Waals surface area contributed by atoms with Crippen molar-refractivity contribution in [1.29, 1.82) is 0 Å². The van der Waals surface area contributed by atoms with Crippen LogP contribution >= 0.6 is 0 Å². The first kappa shape index (κ1) is 14.4. The Labute approximate surface area is 127 Å². The monoisotopic (exact) mass is 284 g/mol. The molecule has 3 heteroatoms. The van der Waals surface area contributed by atoms with Gasteiger partial charge in [-0.15, -0.1) is 0 Å². The van der Waals surface area contributed by atoms with Crippen LogP contribution in [0.1, 0.15) is 25.2 Å². The minimum Gasteiger partial charge on any atom is -0.469 e. The number of rotatable bonds is 4. The van der Waals surface area contributed by atoms with Crippen LogP contribution in [-0.2, 0) is 12.0 Å². The van der Waals surface area contributed by atoms with Gasteiger partial charge < -0.3 is 9.73 Å². The molecule has 0 spiro atoms. The molecular weight excluding hydrogens is 260 g/mol. The van der Waals surface area contributed by atoms with Crippen molar-refractivity contribution in [2.24, 2.45) is 0 Å². The van der Waals surface area contributed by atoms with E-state index in [4.69, 9.17) is 4.42 Å². The Morgan fingerprint density at radius 3 is 2.76 bits per heavy atom. The largest absolute Gasteiger partial charge is 0.469 e. The first-order valence-electron chi connectivity index (χ1n) is 7.74. The van der Waals surface area contributed by atoms with Gasteiger partial charge in [0.1, 0.15) is 5.76 Å². The fraction of sp³-hybridized carbons (Fsp3) is 0.444.